The van der Waals surface area contributed by atoms with Gasteiger partial charge >= 0.3 is 5.82 Å². The van der Waals surface area contributed by atoms with Crippen LogP contribution in [0, 0.1) is 16.0 Å². The van der Waals surface area contributed by atoms with Crippen molar-refractivity contribution in [2.75, 3.05) is 5.73 Å². The van der Waals surface area contributed by atoms with Crippen molar-refractivity contribution in [2.45, 2.75) is 25.8 Å². The highest BCUT2D eigenvalue weighted by molar-refractivity contribution is 5.99. The third-order valence-corrected chi connectivity index (χ3v) is 3.12. The van der Waals surface area contributed by atoms with Gasteiger partial charge in [-0.3, -0.25) is 4.79 Å². The van der Waals surface area contributed by atoms with Gasteiger partial charge in [0.15, 0.2) is 6.20 Å². The number of nitro groups is 1. The summed E-state index contributed by atoms with van der Waals surface area (Å²) in [6.07, 6.45) is 3.10. The van der Waals surface area contributed by atoms with Gasteiger partial charge < -0.3 is 21.2 Å². The summed E-state index contributed by atoms with van der Waals surface area (Å²) >= 11 is 0. The topological polar surface area (TPSA) is 111 Å². The SMILES string of the molecule is CCC1CC1NC(=O)c1cc([N+](=O)[O-])ncc1N. The molecule has 7 heteroatoms. The Morgan fingerprint density at radius 2 is 2.44 bits per heavy atom. The van der Waals surface area contributed by atoms with E-state index in [2.05, 4.69) is 17.2 Å². The Bertz CT molecular complexity index is 503. The fourth-order valence-electron chi connectivity index (χ4n) is 1.87. The van der Waals surface area contributed by atoms with Gasteiger partial charge in [0.05, 0.1) is 17.3 Å². The first-order valence-corrected chi connectivity index (χ1v) is 5.73. The maximum atomic E-state index is 11.9. The summed E-state index contributed by atoms with van der Waals surface area (Å²) in [6.45, 7) is 2.06. The minimum Gasteiger partial charge on any atom is -0.395 e. The average Bonchev–Trinajstić information content (AvgIpc) is 3.07. The van der Waals surface area contributed by atoms with E-state index in [1.165, 1.54) is 0 Å². The van der Waals surface area contributed by atoms with E-state index in [4.69, 9.17) is 5.73 Å². The fraction of sp³-hybridized carbons (Fsp3) is 0.455. The fourth-order valence-corrected chi connectivity index (χ4v) is 1.87. The molecule has 7 nitrogen and oxygen atoms in total. The Morgan fingerprint density at radius 1 is 1.72 bits per heavy atom. The van der Waals surface area contributed by atoms with Gasteiger partial charge in [-0.1, -0.05) is 13.3 Å². The normalized spacial score (nSPS) is 21.4. The van der Waals surface area contributed by atoms with Crippen molar-refractivity contribution in [3.63, 3.8) is 0 Å². The molecule has 0 aromatic carbocycles. The second-order valence-electron chi connectivity index (χ2n) is 4.37. The highest BCUT2D eigenvalue weighted by Gasteiger charge is 2.37. The van der Waals surface area contributed by atoms with Crippen molar-refractivity contribution in [2.24, 2.45) is 5.92 Å². The van der Waals surface area contributed by atoms with Crippen LogP contribution in [0.25, 0.3) is 0 Å². The summed E-state index contributed by atoms with van der Waals surface area (Å²) in [4.78, 5) is 25.4. The molecule has 2 atom stereocenters. The number of nitrogens with one attached hydrogen (secondary N) is 1. The third kappa shape index (κ3) is 2.39. The van der Waals surface area contributed by atoms with Crippen LogP contribution in [0.5, 0.6) is 0 Å². The Hall–Kier alpha value is -2.18. The van der Waals surface area contributed by atoms with Crippen LogP contribution in [0.15, 0.2) is 12.3 Å². The molecule has 1 heterocycles. The molecule has 1 aliphatic carbocycles. The highest BCUT2D eigenvalue weighted by atomic mass is 16.6. The van der Waals surface area contributed by atoms with Crippen LogP contribution >= 0.6 is 0 Å². The molecule has 1 aliphatic rings. The van der Waals surface area contributed by atoms with Gasteiger partial charge in [-0.25, -0.2) is 0 Å². The number of rotatable bonds is 4. The molecular weight excluding hydrogens is 236 g/mol. The second-order valence-corrected chi connectivity index (χ2v) is 4.37. The first kappa shape index (κ1) is 12.3. The molecule has 0 saturated heterocycles. The lowest BCUT2D eigenvalue weighted by molar-refractivity contribution is -0.389. The number of carbonyl (C=O) groups is 1. The van der Waals surface area contributed by atoms with Crippen molar-refractivity contribution in [1.82, 2.24) is 10.3 Å². The van der Waals surface area contributed by atoms with Crippen LogP contribution in [0.1, 0.15) is 30.1 Å². The van der Waals surface area contributed by atoms with Crippen molar-refractivity contribution < 1.29 is 9.72 Å². The zero-order valence-electron chi connectivity index (χ0n) is 9.92. The van der Waals surface area contributed by atoms with Gasteiger partial charge in [-0.15, -0.1) is 0 Å². The molecule has 96 valence electrons. The smallest absolute Gasteiger partial charge is 0.364 e. The summed E-state index contributed by atoms with van der Waals surface area (Å²) in [5.74, 6) is -0.247. The minimum absolute atomic E-state index is 0.110. The van der Waals surface area contributed by atoms with E-state index in [1.54, 1.807) is 0 Å². The van der Waals surface area contributed by atoms with Gasteiger partial charge in [0.2, 0.25) is 0 Å². The zero-order chi connectivity index (χ0) is 13.3. The molecule has 1 fully saturated rings. The maximum Gasteiger partial charge on any atom is 0.364 e. The standard InChI is InChI=1S/C11H14N4O3/c1-2-6-3-9(6)14-11(16)7-4-10(15(17)18)13-5-8(7)12/h4-6,9H,2-3,12H2,1H3,(H,14,16). The van der Waals surface area contributed by atoms with E-state index in [9.17, 15) is 14.9 Å². The van der Waals surface area contributed by atoms with E-state index in [-0.39, 0.29) is 29.0 Å². The molecule has 1 amide bonds. The number of nitrogens with two attached hydrogens (primary N) is 1. The molecule has 1 aromatic rings. The van der Waals surface area contributed by atoms with E-state index in [1.807, 2.05) is 0 Å². The molecule has 0 aliphatic heterocycles. The van der Waals surface area contributed by atoms with Gasteiger partial charge in [0, 0.05) is 6.04 Å². The predicted octanol–water partition coefficient (Wildman–Crippen LogP) is 1.10. The maximum absolute atomic E-state index is 11.9. The summed E-state index contributed by atoms with van der Waals surface area (Å²) in [5, 5.41) is 13.4. The minimum atomic E-state index is -0.651. The van der Waals surface area contributed by atoms with Gasteiger partial charge in [0.25, 0.3) is 5.91 Å². The highest BCUT2D eigenvalue weighted by Crippen LogP contribution is 2.33. The van der Waals surface area contributed by atoms with Crippen molar-refractivity contribution in [1.29, 1.82) is 0 Å². The predicted molar refractivity (Wildman–Crippen MR) is 65.0 cm³/mol. The second kappa shape index (κ2) is 4.59. The zero-order valence-corrected chi connectivity index (χ0v) is 9.92. The van der Waals surface area contributed by atoms with E-state index in [0.717, 1.165) is 25.1 Å². The summed E-state index contributed by atoms with van der Waals surface area (Å²) in [7, 11) is 0. The Balaban J connectivity index is 2.14. The molecular formula is C11H14N4O3. The number of pyridine rings is 1. The van der Waals surface area contributed by atoms with Crippen molar-refractivity contribution in [3.8, 4) is 0 Å². The molecule has 0 radical (unpaired) electrons. The summed E-state index contributed by atoms with van der Waals surface area (Å²) in [5.41, 5.74) is 5.86. The number of hydrogen-bond acceptors (Lipinski definition) is 5. The number of carbonyl (C=O) groups excluding carboxylic acids is 1. The van der Waals surface area contributed by atoms with Crippen LogP contribution < -0.4 is 11.1 Å². The first-order chi connectivity index (χ1) is 8.52. The molecule has 3 N–H and O–H groups in total. The number of nitrogens with zero attached hydrogens (tertiary/aromatic N) is 2. The lowest BCUT2D eigenvalue weighted by atomic mass is 10.2. The van der Waals surface area contributed by atoms with Crippen LogP contribution in [-0.2, 0) is 0 Å². The van der Waals surface area contributed by atoms with Crippen LogP contribution in [0.2, 0.25) is 0 Å². The van der Waals surface area contributed by atoms with Crippen molar-refractivity contribution in [3.05, 3.63) is 27.9 Å². The average molecular weight is 250 g/mol. The number of hydrogen-bond donors (Lipinski definition) is 2. The first-order valence-electron chi connectivity index (χ1n) is 5.73. The number of aromatic nitrogens is 1. The molecule has 0 bridgehead atoms. The lowest BCUT2D eigenvalue weighted by Crippen LogP contribution is -2.27. The van der Waals surface area contributed by atoms with Gasteiger partial charge in [0.1, 0.15) is 0 Å². The quantitative estimate of drug-likeness (QED) is 0.614. The van der Waals surface area contributed by atoms with E-state index in [0.29, 0.717) is 5.92 Å². The van der Waals surface area contributed by atoms with Crippen LogP contribution in [-0.4, -0.2) is 21.9 Å². The molecule has 0 spiro atoms. The Kier molecular flexibility index (Phi) is 3.14. The van der Waals surface area contributed by atoms with Gasteiger partial charge in [-0.05, 0) is 22.2 Å². The third-order valence-electron chi connectivity index (χ3n) is 3.12. The molecule has 1 aromatic heterocycles. The van der Waals surface area contributed by atoms with E-state index >= 15 is 0 Å². The monoisotopic (exact) mass is 250 g/mol. The van der Waals surface area contributed by atoms with E-state index < -0.39 is 4.92 Å². The molecule has 1 saturated carbocycles. The van der Waals surface area contributed by atoms with Crippen molar-refractivity contribution >= 4 is 17.4 Å². The van der Waals surface area contributed by atoms with Crippen LogP contribution in [0.3, 0.4) is 0 Å². The molecule has 2 rings (SSSR count). The Morgan fingerprint density at radius 3 is 3.00 bits per heavy atom. The largest absolute Gasteiger partial charge is 0.395 e. The summed E-state index contributed by atoms with van der Waals surface area (Å²) in [6, 6.07) is 1.27. The molecule has 18 heavy (non-hydrogen) atoms. The molecule has 2 unspecified atom stereocenters. The van der Waals surface area contributed by atoms with Gasteiger partial charge in [-0.2, -0.15) is 0 Å². The summed E-state index contributed by atoms with van der Waals surface area (Å²) < 4.78 is 0. The lowest BCUT2D eigenvalue weighted by Gasteiger charge is -2.05. The number of amides is 1. The number of nitrogen functional groups attached to an aromatic ring is 1. The number of anilines is 1. The van der Waals surface area contributed by atoms with Crippen LogP contribution in [0.4, 0.5) is 11.5 Å². The Labute approximate surface area is 104 Å².